The standard InChI is InChI=1S/C25H21NO5S/c1-16(24(28)30-2)26-23(27)22(32-25(26)29)14-17-10-12-20(13-11-17)31-15-19-8-5-7-18-6-3-4-9-21(18)19/h3-14,16H,15H2,1-2H3/b22-14+/t16-/m1/s1. The van der Waals surface area contributed by atoms with E-state index in [9.17, 15) is 14.4 Å². The van der Waals surface area contributed by atoms with E-state index in [1.54, 1.807) is 6.08 Å². The lowest BCUT2D eigenvalue weighted by Gasteiger charge is -2.18. The Kier molecular flexibility index (Phi) is 6.28. The van der Waals surface area contributed by atoms with Gasteiger partial charge in [0, 0.05) is 0 Å². The molecule has 3 aromatic rings. The number of fused-ring (bicyclic) bond motifs is 1. The van der Waals surface area contributed by atoms with Gasteiger partial charge in [-0.05, 0) is 58.8 Å². The number of esters is 1. The van der Waals surface area contributed by atoms with Gasteiger partial charge in [-0.1, -0.05) is 54.6 Å². The maximum absolute atomic E-state index is 12.6. The predicted octanol–water partition coefficient (Wildman–Crippen LogP) is 5.02. The molecule has 0 bridgehead atoms. The van der Waals surface area contributed by atoms with Crippen LogP contribution in [-0.2, 0) is 20.9 Å². The smallest absolute Gasteiger partial charge is 0.328 e. The van der Waals surface area contributed by atoms with Crippen LogP contribution in [-0.4, -0.2) is 35.2 Å². The molecule has 6 nitrogen and oxygen atoms in total. The molecule has 0 unspecified atom stereocenters. The van der Waals surface area contributed by atoms with Gasteiger partial charge in [0.15, 0.2) is 0 Å². The fourth-order valence-electron chi connectivity index (χ4n) is 3.48. The number of carbonyl (C=O) groups is 3. The molecule has 0 N–H and O–H groups in total. The van der Waals surface area contributed by atoms with Gasteiger partial charge in [-0.2, -0.15) is 0 Å². The summed E-state index contributed by atoms with van der Waals surface area (Å²) in [7, 11) is 1.22. The molecule has 3 aromatic carbocycles. The third-order valence-electron chi connectivity index (χ3n) is 5.21. The molecule has 0 spiro atoms. The van der Waals surface area contributed by atoms with E-state index in [1.807, 2.05) is 48.5 Å². The van der Waals surface area contributed by atoms with Crippen molar-refractivity contribution in [3.63, 3.8) is 0 Å². The number of amides is 2. The van der Waals surface area contributed by atoms with E-state index in [0.717, 1.165) is 33.2 Å². The largest absolute Gasteiger partial charge is 0.489 e. The first-order valence-corrected chi connectivity index (χ1v) is 10.8. The Hall–Kier alpha value is -3.58. The molecule has 1 saturated heterocycles. The van der Waals surface area contributed by atoms with E-state index in [4.69, 9.17) is 4.74 Å². The molecule has 1 aliphatic heterocycles. The molecular formula is C25H21NO5S. The molecule has 162 valence electrons. The van der Waals surface area contributed by atoms with Gasteiger partial charge in [0.1, 0.15) is 18.4 Å². The molecule has 0 aromatic heterocycles. The summed E-state index contributed by atoms with van der Waals surface area (Å²) >= 11 is 0.805. The summed E-state index contributed by atoms with van der Waals surface area (Å²) in [6.45, 7) is 1.90. The average Bonchev–Trinajstić information content (AvgIpc) is 3.10. The normalized spacial score (nSPS) is 15.9. The lowest BCUT2D eigenvalue weighted by Crippen LogP contribution is -2.42. The Labute approximate surface area is 189 Å². The van der Waals surface area contributed by atoms with Crippen molar-refractivity contribution in [3.8, 4) is 5.75 Å². The lowest BCUT2D eigenvalue weighted by atomic mass is 10.1. The zero-order valence-corrected chi connectivity index (χ0v) is 18.4. The number of hydrogen-bond donors (Lipinski definition) is 0. The molecule has 1 heterocycles. The SMILES string of the molecule is COC(=O)[C@@H](C)N1C(=O)S/C(=C/c2ccc(OCc3cccc4ccccc34)cc2)C1=O. The van der Waals surface area contributed by atoms with Crippen LogP contribution in [0.2, 0.25) is 0 Å². The van der Waals surface area contributed by atoms with Crippen LogP contribution in [0.4, 0.5) is 4.79 Å². The Morgan fingerprint density at radius 2 is 1.75 bits per heavy atom. The number of methoxy groups -OCH3 is 1. The highest BCUT2D eigenvalue weighted by Gasteiger charge is 2.41. The molecule has 0 saturated carbocycles. The van der Waals surface area contributed by atoms with E-state index in [-0.39, 0.29) is 4.91 Å². The number of ether oxygens (including phenoxy) is 2. The monoisotopic (exact) mass is 447 g/mol. The highest BCUT2D eigenvalue weighted by molar-refractivity contribution is 8.18. The van der Waals surface area contributed by atoms with Gasteiger partial charge in [-0.25, -0.2) is 4.79 Å². The van der Waals surface area contributed by atoms with Crippen molar-refractivity contribution < 1.29 is 23.9 Å². The lowest BCUT2D eigenvalue weighted by molar-refractivity contribution is -0.148. The number of benzene rings is 3. The molecule has 2 amide bonds. The number of carbonyl (C=O) groups excluding carboxylic acids is 3. The Bertz CT molecular complexity index is 1210. The van der Waals surface area contributed by atoms with Gasteiger partial charge < -0.3 is 9.47 Å². The molecule has 4 rings (SSSR count). The molecule has 1 atom stereocenters. The van der Waals surface area contributed by atoms with Crippen LogP contribution in [0.5, 0.6) is 5.75 Å². The molecule has 0 radical (unpaired) electrons. The fourth-order valence-corrected chi connectivity index (χ4v) is 4.39. The molecular weight excluding hydrogens is 426 g/mol. The second-order valence-electron chi connectivity index (χ2n) is 7.25. The van der Waals surface area contributed by atoms with Crippen LogP contribution in [0.1, 0.15) is 18.1 Å². The van der Waals surface area contributed by atoms with Gasteiger partial charge >= 0.3 is 5.97 Å². The minimum atomic E-state index is -0.969. The molecule has 32 heavy (non-hydrogen) atoms. The second-order valence-corrected chi connectivity index (χ2v) is 8.24. The van der Waals surface area contributed by atoms with Crippen LogP contribution in [0, 0.1) is 0 Å². The van der Waals surface area contributed by atoms with Crippen molar-refractivity contribution in [2.75, 3.05) is 7.11 Å². The summed E-state index contributed by atoms with van der Waals surface area (Å²) in [6.07, 6.45) is 1.63. The van der Waals surface area contributed by atoms with Crippen molar-refractivity contribution in [3.05, 3.63) is 82.8 Å². The van der Waals surface area contributed by atoms with Crippen LogP contribution < -0.4 is 4.74 Å². The summed E-state index contributed by atoms with van der Waals surface area (Å²) in [5, 5.41) is 1.83. The highest BCUT2D eigenvalue weighted by atomic mass is 32.2. The van der Waals surface area contributed by atoms with Gasteiger partial charge in [-0.3, -0.25) is 14.5 Å². The van der Waals surface area contributed by atoms with Crippen LogP contribution in [0.3, 0.4) is 0 Å². The van der Waals surface area contributed by atoms with Gasteiger partial charge in [0.2, 0.25) is 0 Å². The third kappa shape index (κ3) is 4.38. The number of nitrogens with zero attached hydrogens (tertiary/aromatic N) is 1. The Morgan fingerprint density at radius 3 is 2.50 bits per heavy atom. The Morgan fingerprint density at radius 1 is 1.03 bits per heavy atom. The van der Waals surface area contributed by atoms with E-state index < -0.39 is 23.2 Å². The van der Waals surface area contributed by atoms with Crippen molar-refractivity contribution in [1.82, 2.24) is 4.90 Å². The van der Waals surface area contributed by atoms with Gasteiger partial charge in [0.05, 0.1) is 12.0 Å². The minimum Gasteiger partial charge on any atom is -0.489 e. The van der Waals surface area contributed by atoms with Gasteiger partial charge in [-0.15, -0.1) is 0 Å². The summed E-state index contributed by atoms with van der Waals surface area (Å²) < 4.78 is 10.6. The third-order valence-corrected chi connectivity index (χ3v) is 6.09. The van der Waals surface area contributed by atoms with Crippen LogP contribution in [0.25, 0.3) is 16.8 Å². The quantitative estimate of drug-likeness (QED) is 0.390. The van der Waals surface area contributed by atoms with E-state index >= 15 is 0 Å². The molecule has 0 aliphatic carbocycles. The van der Waals surface area contributed by atoms with Crippen molar-refractivity contribution in [1.29, 1.82) is 0 Å². The van der Waals surface area contributed by atoms with Gasteiger partial charge in [0.25, 0.3) is 11.1 Å². The average molecular weight is 448 g/mol. The number of rotatable bonds is 6. The predicted molar refractivity (Wildman–Crippen MR) is 124 cm³/mol. The Balaban J connectivity index is 1.45. The van der Waals surface area contributed by atoms with Crippen molar-refractivity contribution in [2.24, 2.45) is 0 Å². The first kappa shape index (κ1) is 21.6. The molecule has 1 aliphatic rings. The topological polar surface area (TPSA) is 72.9 Å². The first-order chi connectivity index (χ1) is 15.5. The number of thioether (sulfide) groups is 1. The number of imide groups is 1. The van der Waals surface area contributed by atoms with E-state index in [0.29, 0.717) is 12.4 Å². The van der Waals surface area contributed by atoms with Crippen LogP contribution >= 0.6 is 11.8 Å². The second kappa shape index (κ2) is 9.28. The van der Waals surface area contributed by atoms with E-state index in [1.165, 1.54) is 19.4 Å². The number of hydrogen-bond acceptors (Lipinski definition) is 6. The molecule has 1 fully saturated rings. The van der Waals surface area contributed by atoms with Crippen molar-refractivity contribution in [2.45, 2.75) is 19.6 Å². The van der Waals surface area contributed by atoms with Crippen molar-refractivity contribution >= 4 is 45.7 Å². The summed E-state index contributed by atoms with van der Waals surface area (Å²) in [5.74, 6) is -0.446. The molecule has 7 heteroatoms. The fraction of sp³-hybridized carbons (Fsp3) is 0.160. The highest BCUT2D eigenvalue weighted by Crippen LogP contribution is 2.34. The summed E-state index contributed by atoms with van der Waals surface area (Å²) in [6, 6.07) is 20.6. The van der Waals surface area contributed by atoms with Crippen LogP contribution in [0.15, 0.2) is 71.6 Å². The zero-order chi connectivity index (χ0) is 22.7. The zero-order valence-electron chi connectivity index (χ0n) is 17.6. The maximum atomic E-state index is 12.6. The van der Waals surface area contributed by atoms with E-state index in [2.05, 4.69) is 22.9 Å². The minimum absolute atomic E-state index is 0.259. The first-order valence-electron chi connectivity index (χ1n) is 10.0. The summed E-state index contributed by atoms with van der Waals surface area (Å²) in [5.41, 5.74) is 1.85. The maximum Gasteiger partial charge on any atom is 0.328 e. The summed E-state index contributed by atoms with van der Waals surface area (Å²) in [4.78, 5) is 37.7.